The van der Waals surface area contributed by atoms with Gasteiger partial charge in [-0.25, -0.2) is 0 Å². The molecule has 0 aliphatic heterocycles. The van der Waals surface area contributed by atoms with Gasteiger partial charge in [0.15, 0.2) is 0 Å². The molecule has 1 aromatic rings. The summed E-state index contributed by atoms with van der Waals surface area (Å²) in [5.41, 5.74) is 2.17. The molecule has 3 heteroatoms. The first kappa shape index (κ1) is 14.1. The fourth-order valence-corrected chi connectivity index (χ4v) is 2.25. The van der Waals surface area contributed by atoms with Crippen LogP contribution in [-0.4, -0.2) is 12.5 Å². The van der Waals surface area contributed by atoms with E-state index in [4.69, 9.17) is 0 Å². The Morgan fingerprint density at radius 2 is 2.00 bits per heavy atom. The molecule has 1 aliphatic carbocycles. The quantitative estimate of drug-likeness (QED) is 0.822. The SMILES string of the molecule is CCCNC(C)c1ccc(NC(=O)C2CCC2)cc1. The van der Waals surface area contributed by atoms with E-state index in [1.54, 1.807) is 0 Å². The van der Waals surface area contributed by atoms with E-state index in [1.807, 2.05) is 12.1 Å². The van der Waals surface area contributed by atoms with E-state index < -0.39 is 0 Å². The Balaban J connectivity index is 1.88. The van der Waals surface area contributed by atoms with Gasteiger partial charge in [0, 0.05) is 17.6 Å². The summed E-state index contributed by atoms with van der Waals surface area (Å²) in [6, 6.07) is 8.52. The highest BCUT2D eigenvalue weighted by Crippen LogP contribution is 2.27. The second kappa shape index (κ2) is 6.71. The number of anilines is 1. The lowest BCUT2D eigenvalue weighted by atomic mass is 9.85. The molecule has 1 amide bonds. The van der Waals surface area contributed by atoms with E-state index in [2.05, 4.69) is 36.6 Å². The minimum Gasteiger partial charge on any atom is -0.326 e. The van der Waals surface area contributed by atoms with Crippen LogP contribution in [0.3, 0.4) is 0 Å². The van der Waals surface area contributed by atoms with Crippen LogP contribution in [0.1, 0.15) is 51.1 Å². The van der Waals surface area contributed by atoms with Gasteiger partial charge in [-0.3, -0.25) is 4.79 Å². The van der Waals surface area contributed by atoms with Crippen molar-refractivity contribution in [3.63, 3.8) is 0 Å². The summed E-state index contributed by atoms with van der Waals surface area (Å²) in [6.45, 7) is 5.36. The third kappa shape index (κ3) is 3.80. The highest BCUT2D eigenvalue weighted by Gasteiger charge is 2.25. The number of carbonyl (C=O) groups excluding carboxylic acids is 1. The van der Waals surface area contributed by atoms with E-state index in [-0.39, 0.29) is 11.8 Å². The van der Waals surface area contributed by atoms with E-state index >= 15 is 0 Å². The molecule has 1 fully saturated rings. The topological polar surface area (TPSA) is 41.1 Å². The Bertz CT molecular complexity index is 409. The number of rotatable bonds is 6. The van der Waals surface area contributed by atoms with Crippen molar-refractivity contribution in [3.05, 3.63) is 29.8 Å². The Hall–Kier alpha value is -1.35. The van der Waals surface area contributed by atoms with Gasteiger partial charge in [0.1, 0.15) is 0 Å². The maximum Gasteiger partial charge on any atom is 0.227 e. The third-order valence-corrected chi connectivity index (χ3v) is 3.85. The molecular formula is C16H24N2O. The van der Waals surface area contributed by atoms with Crippen LogP contribution in [-0.2, 0) is 4.79 Å². The van der Waals surface area contributed by atoms with Gasteiger partial charge < -0.3 is 10.6 Å². The van der Waals surface area contributed by atoms with Crippen molar-refractivity contribution in [2.75, 3.05) is 11.9 Å². The number of carbonyl (C=O) groups is 1. The molecular weight excluding hydrogens is 236 g/mol. The van der Waals surface area contributed by atoms with E-state index in [0.29, 0.717) is 6.04 Å². The smallest absolute Gasteiger partial charge is 0.227 e. The second-order valence-corrected chi connectivity index (χ2v) is 5.41. The van der Waals surface area contributed by atoms with Crippen LogP contribution < -0.4 is 10.6 Å². The molecule has 1 aromatic carbocycles. The predicted octanol–water partition coefficient (Wildman–Crippen LogP) is 3.49. The molecule has 0 saturated heterocycles. The highest BCUT2D eigenvalue weighted by atomic mass is 16.1. The van der Waals surface area contributed by atoms with Crippen molar-refractivity contribution in [1.82, 2.24) is 5.32 Å². The van der Waals surface area contributed by atoms with Crippen molar-refractivity contribution in [3.8, 4) is 0 Å². The van der Waals surface area contributed by atoms with E-state index in [0.717, 1.165) is 31.5 Å². The molecule has 3 nitrogen and oxygen atoms in total. The lowest BCUT2D eigenvalue weighted by Crippen LogP contribution is -2.28. The zero-order valence-corrected chi connectivity index (χ0v) is 11.9. The van der Waals surface area contributed by atoms with Gasteiger partial charge in [-0.1, -0.05) is 25.5 Å². The first-order valence-electron chi connectivity index (χ1n) is 7.35. The standard InChI is InChI=1S/C16H24N2O/c1-3-11-17-12(2)13-7-9-15(10-8-13)18-16(19)14-5-4-6-14/h7-10,12,14,17H,3-6,11H2,1-2H3,(H,18,19). The normalized spacial score (nSPS) is 16.7. The molecule has 19 heavy (non-hydrogen) atoms. The second-order valence-electron chi connectivity index (χ2n) is 5.41. The van der Waals surface area contributed by atoms with Crippen LogP contribution >= 0.6 is 0 Å². The number of amides is 1. The van der Waals surface area contributed by atoms with Crippen LogP contribution in [0.25, 0.3) is 0 Å². The van der Waals surface area contributed by atoms with Crippen LogP contribution in [0.5, 0.6) is 0 Å². The van der Waals surface area contributed by atoms with Crippen LogP contribution in [0.2, 0.25) is 0 Å². The van der Waals surface area contributed by atoms with Gasteiger partial charge in [-0.15, -0.1) is 0 Å². The maximum absolute atomic E-state index is 11.8. The largest absolute Gasteiger partial charge is 0.326 e. The molecule has 104 valence electrons. The molecule has 0 spiro atoms. The molecule has 1 saturated carbocycles. The monoisotopic (exact) mass is 260 g/mol. The van der Waals surface area contributed by atoms with Crippen molar-refractivity contribution in [1.29, 1.82) is 0 Å². The van der Waals surface area contributed by atoms with Crippen LogP contribution in [0.15, 0.2) is 24.3 Å². The molecule has 0 bridgehead atoms. The summed E-state index contributed by atoms with van der Waals surface area (Å²) in [4.78, 5) is 11.8. The lowest BCUT2D eigenvalue weighted by molar-refractivity contribution is -0.122. The third-order valence-electron chi connectivity index (χ3n) is 3.85. The lowest BCUT2D eigenvalue weighted by Gasteiger charge is -2.24. The molecule has 1 atom stereocenters. The molecule has 0 heterocycles. The maximum atomic E-state index is 11.8. The number of hydrogen-bond donors (Lipinski definition) is 2. The fraction of sp³-hybridized carbons (Fsp3) is 0.562. The van der Waals surface area contributed by atoms with Crippen LogP contribution in [0, 0.1) is 5.92 Å². The zero-order chi connectivity index (χ0) is 13.7. The first-order valence-corrected chi connectivity index (χ1v) is 7.35. The molecule has 1 aliphatic rings. The molecule has 1 unspecified atom stereocenters. The van der Waals surface area contributed by atoms with Crippen molar-refractivity contribution in [2.24, 2.45) is 5.92 Å². The highest BCUT2D eigenvalue weighted by molar-refractivity contribution is 5.92. The van der Waals surface area contributed by atoms with Gasteiger partial charge in [0.2, 0.25) is 5.91 Å². The summed E-state index contributed by atoms with van der Waals surface area (Å²) in [5, 5.41) is 6.45. The molecule has 0 aromatic heterocycles. The van der Waals surface area contributed by atoms with Gasteiger partial charge in [-0.2, -0.15) is 0 Å². The average Bonchev–Trinajstić information content (AvgIpc) is 2.34. The van der Waals surface area contributed by atoms with Gasteiger partial charge >= 0.3 is 0 Å². The summed E-state index contributed by atoms with van der Waals surface area (Å²) >= 11 is 0. The van der Waals surface area contributed by atoms with Gasteiger partial charge in [0.05, 0.1) is 0 Å². The average molecular weight is 260 g/mol. The van der Waals surface area contributed by atoms with Crippen molar-refractivity contribution < 1.29 is 4.79 Å². The fourth-order valence-electron chi connectivity index (χ4n) is 2.25. The van der Waals surface area contributed by atoms with Crippen molar-refractivity contribution >= 4 is 11.6 Å². The first-order chi connectivity index (χ1) is 9.20. The Labute approximate surface area is 115 Å². The molecule has 2 rings (SSSR count). The minimum atomic E-state index is 0.177. The summed E-state index contributed by atoms with van der Waals surface area (Å²) < 4.78 is 0. The Kier molecular flexibility index (Phi) is 4.97. The summed E-state index contributed by atoms with van der Waals surface area (Å²) in [6.07, 6.45) is 4.42. The number of nitrogens with one attached hydrogen (secondary N) is 2. The Morgan fingerprint density at radius 3 is 2.53 bits per heavy atom. The molecule has 2 N–H and O–H groups in total. The predicted molar refractivity (Wildman–Crippen MR) is 79.1 cm³/mol. The van der Waals surface area contributed by atoms with Gasteiger partial charge in [-0.05, 0) is 50.4 Å². The van der Waals surface area contributed by atoms with Crippen LogP contribution in [0.4, 0.5) is 5.69 Å². The van der Waals surface area contributed by atoms with Crippen molar-refractivity contribution in [2.45, 2.75) is 45.6 Å². The summed E-state index contributed by atoms with van der Waals surface area (Å²) in [5.74, 6) is 0.418. The zero-order valence-electron chi connectivity index (χ0n) is 11.9. The Morgan fingerprint density at radius 1 is 1.32 bits per heavy atom. The van der Waals surface area contributed by atoms with E-state index in [1.165, 1.54) is 12.0 Å². The van der Waals surface area contributed by atoms with E-state index in [9.17, 15) is 4.79 Å². The minimum absolute atomic E-state index is 0.177. The number of benzene rings is 1. The van der Waals surface area contributed by atoms with Gasteiger partial charge in [0.25, 0.3) is 0 Å². The molecule has 0 radical (unpaired) electrons. The summed E-state index contributed by atoms with van der Waals surface area (Å²) in [7, 11) is 0. The number of hydrogen-bond acceptors (Lipinski definition) is 2.